The van der Waals surface area contributed by atoms with Crippen LogP contribution in [-0.4, -0.2) is 341 Å². The van der Waals surface area contributed by atoms with Gasteiger partial charge in [-0.15, -0.1) is 0 Å². The Morgan fingerprint density at radius 2 is 0.758 bits per heavy atom. The van der Waals surface area contributed by atoms with Crippen LogP contribution in [0.3, 0.4) is 0 Å². The first-order valence-corrected chi connectivity index (χ1v) is 42.5. The Hall–Kier alpha value is -13.8. The Morgan fingerprint density at radius 3 is 1.23 bits per heavy atom. The molecule has 22 N–H and O–H groups in total. The first-order valence-electron chi connectivity index (χ1n) is 42.0. The zero-order chi connectivity index (χ0) is 97.3. The fourth-order valence-electron chi connectivity index (χ4n) is 13.9. The highest BCUT2D eigenvalue weighted by molar-refractivity contribution is 7.20. The summed E-state index contributed by atoms with van der Waals surface area (Å²) >= 11 is 0. The molecule has 0 saturated carbocycles. The summed E-state index contributed by atoms with van der Waals surface area (Å²) in [5.74, 6) is -23.0. The number of halogens is 1. The Morgan fingerprint density at radius 1 is 0.371 bits per heavy atom. The molecule has 45 nitrogen and oxygen atoms in total. The second kappa shape index (κ2) is 54.6. The van der Waals surface area contributed by atoms with Gasteiger partial charge in [-0.1, -0.05) is 81.7 Å². The monoisotopic (exact) mass is 1870 g/mol. The van der Waals surface area contributed by atoms with Gasteiger partial charge in [-0.25, -0.2) is 9.18 Å². The molecule has 0 bridgehead atoms. The predicted octanol–water partition coefficient (Wildman–Crippen LogP) is -3.02. The quantitative estimate of drug-likeness (QED) is 0.0136. The maximum absolute atomic E-state index is 14.7. The summed E-state index contributed by atoms with van der Waals surface area (Å²) in [7, 11) is 3.10. The third kappa shape index (κ3) is 39.3. The van der Waals surface area contributed by atoms with E-state index in [2.05, 4.69) is 77.6 Å². The molecule has 5 aromatic rings. The number of hydrogen-bond acceptors (Lipinski definition) is 23. The minimum atomic E-state index is -1.96. The van der Waals surface area contributed by atoms with Gasteiger partial charge in [0.15, 0.2) is 0 Å². The van der Waals surface area contributed by atoms with Crippen molar-refractivity contribution in [2.75, 3.05) is 91.6 Å². The SMILES string of the molecule is C[C@H](NC(=O)[C@H](C)NC(=O)[C@H](Cc1ccccc1)NC(=O)[C@H](Cc1ccccc1)NC(=O)CN1CCN(CC(=O)O)CCN(CC(=O)O)CCN(CC(=O)O)CC1)C(=O)N[C@@H](CCC(=O)O)C(=O)N[C@@H](CCC(=O)O)C(=O)N[C@@H](Cc1cccc(C(=O)O)c1)C(=O)NCC(=O)N[C@@H](Cc1c[nH]c2ccc(F)cc12)C(=O)NCCCC[C@H](NC(=P)N[C@@H](CCC(=O)O)C(=O)O)C(=O)O. The van der Waals surface area contributed by atoms with Crippen LogP contribution in [0.15, 0.2) is 109 Å². The van der Waals surface area contributed by atoms with Gasteiger partial charge in [0.05, 0.1) is 43.8 Å². The van der Waals surface area contributed by atoms with Gasteiger partial charge in [0.2, 0.25) is 59.1 Å². The number of aliphatic carboxylic acids is 8. The number of unbranched alkanes of at least 4 members (excludes halogenated alkanes) is 1. The van der Waals surface area contributed by atoms with E-state index in [0.29, 0.717) is 27.6 Å². The van der Waals surface area contributed by atoms with E-state index in [9.17, 15) is 136 Å². The molecule has 0 unspecified atom stereocenters. The molecule has 2 heterocycles. The highest BCUT2D eigenvalue weighted by Gasteiger charge is 2.36. The van der Waals surface area contributed by atoms with Crippen molar-refractivity contribution in [3.05, 3.63) is 143 Å². The van der Waals surface area contributed by atoms with Crippen molar-refractivity contribution in [3.8, 4) is 0 Å². The van der Waals surface area contributed by atoms with Gasteiger partial charge in [0.25, 0.3) is 0 Å². The fourth-order valence-corrected chi connectivity index (χ4v) is 14.2. The topological polar surface area (TPSA) is 680 Å². The number of amides is 10. The van der Waals surface area contributed by atoms with E-state index in [1.54, 1.807) is 80.3 Å². The van der Waals surface area contributed by atoms with Gasteiger partial charge in [-0.05, 0) is 105 Å². The molecule has 47 heteroatoms. The summed E-state index contributed by atoms with van der Waals surface area (Å²) in [6.45, 7) is 0.240. The fraction of sp³-hybridized carbons (Fsp3) is 0.459. The normalized spacial score (nSPS) is 15.2. The molecule has 716 valence electrons. The number of H-pyrrole nitrogens is 1. The maximum atomic E-state index is 14.7. The van der Waals surface area contributed by atoms with Gasteiger partial charge >= 0.3 is 53.7 Å². The van der Waals surface area contributed by atoms with Crippen molar-refractivity contribution in [3.63, 3.8) is 0 Å². The Kier molecular flexibility index (Phi) is 44.3. The van der Waals surface area contributed by atoms with Crippen LogP contribution in [0.2, 0.25) is 0 Å². The smallest absolute Gasteiger partial charge is 0.335 e. The number of fused-ring (bicyclic) bond motifs is 1. The molecule has 4 aromatic carbocycles. The van der Waals surface area contributed by atoms with Crippen molar-refractivity contribution in [1.82, 2.24) is 88.4 Å². The number of hydrogen-bond donors (Lipinski definition) is 22. The van der Waals surface area contributed by atoms with E-state index in [1.165, 1.54) is 49.5 Å². The molecule has 1 aliphatic rings. The van der Waals surface area contributed by atoms with Crippen LogP contribution in [-0.2, 0) is 112 Å². The molecule has 0 spiro atoms. The minimum absolute atomic E-state index is 0.0537. The van der Waals surface area contributed by atoms with Gasteiger partial charge in [0.1, 0.15) is 66.2 Å². The Bertz CT molecular complexity index is 4890. The van der Waals surface area contributed by atoms with Crippen LogP contribution in [0.25, 0.3) is 10.9 Å². The number of nitrogens with zero attached hydrogens (tertiary/aromatic N) is 4. The molecule has 1 fully saturated rings. The Balaban J connectivity index is 1.15. The molecule has 6 rings (SSSR count). The number of rotatable bonds is 55. The van der Waals surface area contributed by atoms with Crippen LogP contribution in [0.5, 0.6) is 0 Å². The number of aromatic nitrogens is 1. The molecule has 132 heavy (non-hydrogen) atoms. The zero-order valence-corrected chi connectivity index (χ0v) is 73.2. The molecule has 10 amide bonds. The average molecular weight is 1870 g/mol. The van der Waals surface area contributed by atoms with E-state index in [0.717, 1.165) is 13.0 Å². The van der Waals surface area contributed by atoms with E-state index >= 15 is 0 Å². The largest absolute Gasteiger partial charge is 0.481 e. The van der Waals surface area contributed by atoms with Crippen molar-refractivity contribution in [2.24, 2.45) is 0 Å². The number of nitrogens with one attached hydrogen (secondary N) is 13. The lowest BCUT2D eigenvalue weighted by Gasteiger charge is -2.33. The third-order valence-electron chi connectivity index (χ3n) is 20.9. The highest BCUT2D eigenvalue weighted by atomic mass is 31.0. The number of aromatic carboxylic acids is 1. The van der Waals surface area contributed by atoms with Gasteiger partial charge in [-0.2, -0.15) is 0 Å². The lowest BCUT2D eigenvalue weighted by Crippen LogP contribution is -2.60. The van der Waals surface area contributed by atoms with E-state index in [1.807, 2.05) is 0 Å². The second-order valence-corrected chi connectivity index (χ2v) is 31.8. The molecule has 0 aliphatic carbocycles. The first-order chi connectivity index (χ1) is 62.6. The number of carbonyl (C=O) groups is 19. The molecular weight excluding hydrogens is 1760 g/mol. The van der Waals surface area contributed by atoms with Crippen LogP contribution in [0, 0.1) is 5.82 Å². The summed E-state index contributed by atoms with van der Waals surface area (Å²) in [6.07, 6.45) is -3.72. The number of carboxylic acid groups (broad SMARTS) is 9. The second-order valence-electron chi connectivity index (χ2n) is 31.3. The summed E-state index contributed by atoms with van der Waals surface area (Å²) in [5.41, 5.74) is 1.45. The Labute approximate surface area is 757 Å². The first kappa shape index (κ1) is 107. The van der Waals surface area contributed by atoms with Crippen molar-refractivity contribution in [2.45, 2.75) is 158 Å². The van der Waals surface area contributed by atoms with Crippen LogP contribution in [0.1, 0.15) is 104 Å². The van der Waals surface area contributed by atoms with Gasteiger partial charge < -0.3 is 104 Å². The lowest BCUT2D eigenvalue weighted by atomic mass is 10.0. The van der Waals surface area contributed by atoms with Gasteiger partial charge in [0, 0.05) is 121 Å². The predicted molar refractivity (Wildman–Crippen MR) is 468 cm³/mol. The zero-order valence-electron chi connectivity index (χ0n) is 72.2. The van der Waals surface area contributed by atoms with Crippen LogP contribution < -0.4 is 63.8 Å². The standard InChI is InChI=1S/C85H111FN17O28P/c1-48(91-80(124)64(38-51-14-7-4-8-15-51)97-81(125)63(37-50-12-5-3-6-13-50)93-67(105)44-100-28-30-101(45-71(112)113)32-34-103(47-73(116)117)35-33-102(31-29-100)46-72(114)115)74(118)90-49(2)75(119)94-58(21-24-68(106)107)78(122)95-59(22-25-69(108)109)79(123)96-62(39-52-16-11-17-53(36-52)82(126)127)77(121)89-43-66(104)92-65(40-54-42-88-57-20-19-55(86)41-56(54)57)76(120)87-27-10-9-18-60(83(128)129)98-85(132)99-61(84(130)131)23-26-70(110)111/h3-8,11-17,19-20,36,41-42,48-49,58-65,88,98-99,132H,9-10,18,21-35,37-40,43-47H2,1-2H3,(H,87,120)(H,89,121)(H,90,118)(H,91,124)(H,92,104)(H,93,105)(H,94,119)(H,95,122)(H,96,123)(H,97,125)(H,106,107)(H,108,109)(H,110,111)(H,112,113)(H,114,115)(H,116,117)(H,126,127)(H,128,129)(H,130,131)/t48-,49-,58-,59-,60-,61-,62-,63-,64-,65-/m0/s1. The molecule has 0 radical (unpaired) electrons. The van der Waals surface area contributed by atoms with Crippen LogP contribution >= 0.6 is 8.86 Å². The maximum Gasteiger partial charge on any atom is 0.335 e. The van der Waals surface area contributed by atoms with E-state index in [-0.39, 0.29) is 121 Å². The molecular formula is C85H111FN17O28P. The molecule has 1 aromatic heterocycles. The van der Waals surface area contributed by atoms with Crippen molar-refractivity contribution < 1.29 is 141 Å². The van der Waals surface area contributed by atoms with Gasteiger partial charge in [-0.3, -0.25) is 117 Å². The minimum Gasteiger partial charge on any atom is -0.481 e. The number of benzene rings is 4. The van der Waals surface area contributed by atoms with Crippen molar-refractivity contribution >= 4 is 138 Å². The lowest BCUT2D eigenvalue weighted by molar-refractivity contribution is -0.141. The number of aromatic amines is 1. The average Bonchev–Trinajstić information content (AvgIpc) is 1.82. The summed E-state index contributed by atoms with van der Waals surface area (Å²) in [6, 6.07) is 9.42. The molecule has 1 aliphatic heterocycles. The third-order valence-corrected chi connectivity index (χ3v) is 21.2. The number of carboxylic acids is 9. The summed E-state index contributed by atoms with van der Waals surface area (Å²) in [4.78, 5) is 259. The highest BCUT2D eigenvalue weighted by Crippen LogP contribution is 2.22. The van der Waals surface area contributed by atoms with Crippen LogP contribution in [0.4, 0.5) is 4.39 Å². The molecule has 1 saturated heterocycles. The van der Waals surface area contributed by atoms with Crippen molar-refractivity contribution in [1.29, 1.82) is 0 Å². The summed E-state index contributed by atoms with van der Waals surface area (Å²) in [5, 5.41) is 117. The van der Waals surface area contributed by atoms with E-state index in [4.69, 9.17) is 5.11 Å². The van der Waals surface area contributed by atoms with E-state index < -0.39 is 250 Å². The molecule has 10 atom stereocenters. The number of carbonyl (C=O) groups excluding carboxylic acids is 10. The summed E-state index contributed by atoms with van der Waals surface area (Å²) < 4.78 is 14.6.